The summed E-state index contributed by atoms with van der Waals surface area (Å²) in [5.41, 5.74) is 7.00. The average Bonchev–Trinajstić information content (AvgIpc) is 2.37. The van der Waals surface area contributed by atoms with Crippen LogP contribution in [-0.2, 0) is 9.53 Å². The molecule has 0 unspecified atom stereocenters. The van der Waals surface area contributed by atoms with Crippen molar-refractivity contribution in [3.63, 3.8) is 0 Å². The van der Waals surface area contributed by atoms with Crippen LogP contribution in [0, 0.1) is 0 Å². The SMILES string of the molecule is C=C(C)C(=O)OCCNC(=O)Nc1ccccc1N. The maximum Gasteiger partial charge on any atom is 0.333 e. The van der Waals surface area contributed by atoms with Crippen molar-refractivity contribution in [1.82, 2.24) is 5.32 Å². The van der Waals surface area contributed by atoms with Gasteiger partial charge in [-0.1, -0.05) is 18.7 Å². The van der Waals surface area contributed by atoms with Crippen LogP contribution in [0.2, 0.25) is 0 Å². The van der Waals surface area contributed by atoms with Gasteiger partial charge in [0.15, 0.2) is 0 Å². The number of carbonyl (C=O) groups excluding carboxylic acids is 2. The van der Waals surface area contributed by atoms with E-state index in [-0.39, 0.29) is 13.2 Å². The Hall–Kier alpha value is -2.50. The topological polar surface area (TPSA) is 93.4 Å². The van der Waals surface area contributed by atoms with Crippen LogP contribution in [0.5, 0.6) is 0 Å². The molecule has 1 rings (SSSR count). The first-order valence-electron chi connectivity index (χ1n) is 5.72. The largest absolute Gasteiger partial charge is 0.460 e. The molecule has 102 valence electrons. The van der Waals surface area contributed by atoms with Gasteiger partial charge in [-0.3, -0.25) is 0 Å². The van der Waals surface area contributed by atoms with Crippen LogP contribution in [0.25, 0.3) is 0 Å². The zero-order valence-corrected chi connectivity index (χ0v) is 10.7. The van der Waals surface area contributed by atoms with E-state index in [1.54, 1.807) is 31.2 Å². The molecule has 0 spiro atoms. The third kappa shape index (κ3) is 5.12. The van der Waals surface area contributed by atoms with Crippen LogP contribution < -0.4 is 16.4 Å². The van der Waals surface area contributed by atoms with Crippen molar-refractivity contribution >= 4 is 23.4 Å². The number of hydrogen-bond donors (Lipinski definition) is 3. The molecule has 19 heavy (non-hydrogen) atoms. The van der Waals surface area contributed by atoms with E-state index in [1.165, 1.54) is 0 Å². The standard InChI is InChI=1S/C13H17N3O3/c1-9(2)12(17)19-8-7-15-13(18)16-11-6-4-3-5-10(11)14/h3-6H,1,7-8,14H2,2H3,(H2,15,16,18). The Morgan fingerprint density at radius 2 is 2.05 bits per heavy atom. The molecule has 0 fully saturated rings. The van der Waals surface area contributed by atoms with Crippen molar-refractivity contribution in [3.05, 3.63) is 36.4 Å². The van der Waals surface area contributed by atoms with Crippen molar-refractivity contribution in [2.75, 3.05) is 24.2 Å². The summed E-state index contributed by atoms with van der Waals surface area (Å²) in [4.78, 5) is 22.6. The molecule has 6 heteroatoms. The quantitative estimate of drug-likeness (QED) is 0.325. The van der Waals surface area contributed by atoms with Gasteiger partial charge in [-0.2, -0.15) is 0 Å². The number of urea groups is 1. The highest BCUT2D eigenvalue weighted by Crippen LogP contribution is 2.15. The molecular formula is C13H17N3O3. The summed E-state index contributed by atoms with van der Waals surface area (Å²) in [6.45, 7) is 5.30. The van der Waals surface area contributed by atoms with Crippen LogP contribution in [0.3, 0.4) is 0 Å². The Labute approximate surface area is 111 Å². The van der Waals surface area contributed by atoms with Crippen molar-refractivity contribution in [3.8, 4) is 0 Å². The van der Waals surface area contributed by atoms with Gasteiger partial charge < -0.3 is 21.1 Å². The number of anilines is 2. The Bertz CT molecular complexity index is 486. The number of nitrogens with two attached hydrogens (primary N) is 1. The molecule has 0 bridgehead atoms. The van der Waals surface area contributed by atoms with Gasteiger partial charge in [0.1, 0.15) is 6.61 Å². The van der Waals surface area contributed by atoms with Gasteiger partial charge in [0.25, 0.3) is 0 Å². The minimum atomic E-state index is -0.477. The van der Waals surface area contributed by atoms with Crippen LogP contribution in [0.15, 0.2) is 36.4 Å². The number of rotatable bonds is 5. The lowest BCUT2D eigenvalue weighted by Gasteiger charge is -2.09. The highest BCUT2D eigenvalue weighted by molar-refractivity contribution is 5.92. The third-order valence-electron chi connectivity index (χ3n) is 2.18. The molecule has 6 nitrogen and oxygen atoms in total. The van der Waals surface area contributed by atoms with E-state index in [4.69, 9.17) is 10.5 Å². The van der Waals surface area contributed by atoms with Gasteiger partial charge in [0.2, 0.25) is 0 Å². The maximum atomic E-state index is 11.5. The number of hydrogen-bond acceptors (Lipinski definition) is 4. The van der Waals surface area contributed by atoms with Crippen molar-refractivity contribution in [2.24, 2.45) is 0 Å². The lowest BCUT2D eigenvalue weighted by Crippen LogP contribution is -2.32. The van der Waals surface area contributed by atoms with E-state index in [0.717, 1.165) is 0 Å². The lowest BCUT2D eigenvalue weighted by molar-refractivity contribution is -0.138. The summed E-state index contributed by atoms with van der Waals surface area (Å²) in [5.74, 6) is -0.477. The zero-order chi connectivity index (χ0) is 14.3. The molecule has 4 N–H and O–H groups in total. The Morgan fingerprint density at radius 3 is 2.68 bits per heavy atom. The fraction of sp³-hybridized carbons (Fsp3) is 0.231. The van der Waals surface area contributed by atoms with Gasteiger partial charge in [0.05, 0.1) is 17.9 Å². The monoisotopic (exact) mass is 263 g/mol. The van der Waals surface area contributed by atoms with Crippen molar-refractivity contribution in [1.29, 1.82) is 0 Å². The molecule has 1 aromatic rings. The molecule has 0 aromatic heterocycles. The zero-order valence-electron chi connectivity index (χ0n) is 10.7. The second-order valence-electron chi connectivity index (χ2n) is 3.88. The van der Waals surface area contributed by atoms with Gasteiger partial charge in [-0.05, 0) is 19.1 Å². The van der Waals surface area contributed by atoms with Crippen LogP contribution in [0.1, 0.15) is 6.92 Å². The van der Waals surface area contributed by atoms with Crippen molar-refractivity contribution < 1.29 is 14.3 Å². The molecule has 0 atom stereocenters. The Morgan fingerprint density at radius 1 is 1.37 bits per heavy atom. The highest BCUT2D eigenvalue weighted by Gasteiger charge is 2.05. The smallest absolute Gasteiger partial charge is 0.333 e. The summed E-state index contributed by atoms with van der Waals surface area (Å²) >= 11 is 0. The second-order valence-corrected chi connectivity index (χ2v) is 3.88. The molecule has 0 aliphatic heterocycles. The Balaban J connectivity index is 2.27. The number of para-hydroxylation sites is 2. The minimum absolute atomic E-state index is 0.0867. The first-order chi connectivity index (χ1) is 9.00. The number of ether oxygens (including phenoxy) is 1. The first kappa shape index (κ1) is 14.6. The lowest BCUT2D eigenvalue weighted by atomic mass is 10.3. The molecule has 0 radical (unpaired) electrons. The van der Waals surface area contributed by atoms with E-state index in [0.29, 0.717) is 16.9 Å². The minimum Gasteiger partial charge on any atom is -0.460 e. The Kier molecular flexibility index (Phi) is 5.40. The molecule has 2 amide bonds. The summed E-state index contributed by atoms with van der Waals surface area (Å²) in [5, 5.41) is 5.13. The van der Waals surface area contributed by atoms with E-state index >= 15 is 0 Å². The van der Waals surface area contributed by atoms with E-state index in [9.17, 15) is 9.59 Å². The van der Waals surface area contributed by atoms with Gasteiger partial charge in [-0.15, -0.1) is 0 Å². The van der Waals surface area contributed by atoms with E-state index in [1.807, 2.05) is 0 Å². The number of carbonyl (C=O) groups is 2. The normalized spacial score (nSPS) is 9.53. The number of esters is 1. The highest BCUT2D eigenvalue weighted by atomic mass is 16.5. The van der Waals surface area contributed by atoms with Crippen molar-refractivity contribution in [2.45, 2.75) is 6.92 Å². The third-order valence-corrected chi connectivity index (χ3v) is 2.18. The number of nitrogens with one attached hydrogen (secondary N) is 2. The predicted octanol–water partition coefficient (Wildman–Crippen LogP) is 1.51. The fourth-order valence-corrected chi connectivity index (χ4v) is 1.21. The molecule has 0 saturated carbocycles. The van der Waals surface area contributed by atoms with Crippen LogP contribution in [-0.4, -0.2) is 25.2 Å². The molecule has 0 heterocycles. The summed E-state index contributed by atoms with van der Waals surface area (Å²) in [7, 11) is 0. The van der Waals surface area contributed by atoms with Crippen LogP contribution in [0.4, 0.5) is 16.2 Å². The second kappa shape index (κ2) is 7.05. The van der Waals surface area contributed by atoms with Gasteiger partial charge in [0, 0.05) is 5.57 Å². The van der Waals surface area contributed by atoms with Gasteiger partial charge >= 0.3 is 12.0 Å². The maximum absolute atomic E-state index is 11.5. The molecule has 0 aliphatic carbocycles. The molecule has 1 aromatic carbocycles. The van der Waals surface area contributed by atoms with Gasteiger partial charge in [-0.25, -0.2) is 9.59 Å². The summed E-state index contributed by atoms with van der Waals surface area (Å²) < 4.78 is 4.82. The predicted molar refractivity (Wildman–Crippen MR) is 73.6 cm³/mol. The summed E-state index contributed by atoms with van der Waals surface area (Å²) in [6, 6.07) is 6.50. The molecule has 0 saturated heterocycles. The number of amides is 2. The fourth-order valence-electron chi connectivity index (χ4n) is 1.21. The van der Waals surface area contributed by atoms with E-state index < -0.39 is 12.0 Å². The van der Waals surface area contributed by atoms with Crippen LogP contribution >= 0.6 is 0 Å². The number of benzene rings is 1. The van der Waals surface area contributed by atoms with E-state index in [2.05, 4.69) is 17.2 Å². The average molecular weight is 263 g/mol. The molecular weight excluding hydrogens is 246 g/mol. The number of nitrogen functional groups attached to an aromatic ring is 1. The summed E-state index contributed by atoms with van der Waals surface area (Å²) in [6.07, 6.45) is 0. The molecule has 0 aliphatic rings. The first-order valence-corrected chi connectivity index (χ1v) is 5.72.